The van der Waals surface area contributed by atoms with Crippen LogP contribution in [0.15, 0.2) is 69.6 Å². The molecule has 1 aromatic rings. The molecule has 0 saturated carbocycles. The number of aliphatic hydroxyl groups excluding tert-OH is 1. The molecule has 352 valence electrons. The zero-order valence-electron chi connectivity index (χ0n) is 36.6. The van der Waals surface area contributed by atoms with Gasteiger partial charge in [-0.15, -0.1) is 0 Å². The van der Waals surface area contributed by atoms with Gasteiger partial charge in [-0.05, 0) is 85.7 Å². The Kier molecular flexibility index (Phi) is 19.1. The summed E-state index contributed by atoms with van der Waals surface area (Å²) in [5.74, 6) is -0.0501. The predicted octanol–water partition coefficient (Wildman–Crippen LogP) is 3.37. The first kappa shape index (κ1) is 52.1. The van der Waals surface area contributed by atoms with Crippen LogP contribution in [0.4, 0.5) is 5.69 Å². The standard InChI is InChI=1S/C43H62N2O15S3/c1-6-44(17-9-29-62(50,51)52)33-12-14-36-37(42(2,3)4)31-34(60-40(36)30-33)10-7-11-41-43(5,16-8-28-61(47,48)49)38-32-35(63(53,54)55)13-15-39(38)45(41)18-20-56-22-24-58-26-27-59-25-23-57-21-19-46/h7,10-15,30-32,46H,6,8-9,16-29H2,1-5H3,(H2-,47,48,49,50,51,52,53,54,55)/p-2. The van der Waals surface area contributed by atoms with Gasteiger partial charge in [0.25, 0.3) is 0 Å². The second-order valence-corrected chi connectivity index (χ2v) is 20.7. The lowest BCUT2D eigenvalue weighted by Gasteiger charge is -2.30. The molecular weight excluding hydrogens is 881 g/mol. The van der Waals surface area contributed by atoms with E-state index in [1.54, 1.807) is 12.2 Å². The molecule has 0 bridgehead atoms. The molecule has 0 spiro atoms. The normalized spacial score (nSPS) is 17.3. The van der Waals surface area contributed by atoms with E-state index in [0.29, 0.717) is 68.0 Å². The minimum atomic E-state index is -4.87. The van der Waals surface area contributed by atoms with Gasteiger partial charge in [-0.3, -0.25) is 0 Å². The van der Waals surface area contributed by atoms with E-state index in [1.165, 1.54) is 18.2 Å². The Morgan fingerprint density at radius 3 is 1.98 bits per heavy atom. The quantitative estimate of drug-likeness (QED) is 0.0688. The van der Waals surface area contributed by atoms with Crippen molar-refractivity contribution in [1.82, 2.24) is 4.58 Å². The highest BCUT2D eigenvalue weighted by Crippen LogP contribution is 2.51. The highest BCUT2D eigenvalue weighted by atomic mass is 32.2. The summed E-state index contributed by atoms with van der Waals surface area (Å²) in [5.41, 5.74) is 2.18. The average molecular weight is 941 g/mol. The minimum Gasteiger partial charge on any atom is -0.748 e. The summed E-state index contributed by atoms with van der Waals surface area (Å²) >= 11 is 0. The van der Waals surface area contributed by atoms with E-state index in [0.717, 1.165) is 16.5 Å². The number of allylic oxidation sites excluding steroid dienone is 3. The summed E-state index contributed by atoms with van der Waals surface area (Å²) in [5, 5.41) is 9.55. The first-order valence-corrected chi connectivity index (χ1v) is 25.4. The number of aliphatic hydroxyl groups is 1. The van der Waals surface area contributed by atoms with E-state index < -0.39 is 52.2 Å². The summed E-state index contributed by atoms with van der Waals surface area (Å²) < 4.78 is 136. The fourth-order valence-corrected chi connectivity index (χ4v) is 8.98. The Morgan fingerprint density at radius 1 is 0.810 bits per heavy atom. The van der Waals surface area contributed by atoms with Gasteiger partial charge in [0.05, 0.1) is 90.7 Å². The molecule has 2 heterocycles. The first-order valence-electron chi connectivity index (χ1n) is 20.8. The van der Waals surface area contributed by atoms with Gasteiger partial charge in [-0.1, -0.05) is 26.8 Å². The number of hydrogen-bond acceptors (Lipinski definition) is 16. The highest BCUT2D eigenvalue weighted by molar-refractivity contribution is 7.86. The number of ether oxygens (including phenoxy) is 4. The van der Waals surface area contributed by atoms with E-state index in [9.17, 15) is 38.9 Å². The zero-order chi connectivity index (χ0) is 46.5. The fourth-order valence-electron chi connectivity index (χ4n) is 7.51. The van der Waals surface area contributed by atoms with Crippen LogP contribution in [0.25, 0.3) is 17.4 Å². The maximum atomic E-state index is 12.2. The molecule has 2 aliphatic heterocycles. The van der Waals surface area contributed by atoms with E-state index in [2.05, 4.69) is 20.8 Å². The molecular formula is C43H60N2O15S3-2. The van der Waals surface area contributed by atoms with Crippen molar-refractivity contribution in [3.05, 3.63) is 82.6 Å². The van der Waals surface area contributed by atoms with Crippen molar-refractivity contribution in [1.29, 1.82) is 0 Å². The van der Waals surface area contributed by atoms with Gasteiger partial charge in [-0.2, -0.15) is 0 Å². The van der Waals surface area contributed by atoms with E-state index in [4.69, 9.17) is 28.5 Å². The average Bonchev–Trinajstić information content (AvgIpc) is 3.41. The second-order valence-electron chi connectivity index (χ2n) is 16.3. The summed E-state index contributed by atoms with van der Waals surface area (Å²) in [6, 6.07) is 11.8. The second kappa shape index (κ2) is 23.1. The molecule has 0 fully saturated rings. The summed E-state index contributed by atoms with van der Waals surface area (Å²) in [7, 11) is -13.8. The first-order chi connectivity index (χ1) is 29.6. The van der Waals surface area contributed by atoms with Crippen LogP contribution in [0.5, 0.6) is 0 Å². The molecule has 63 heavy (non-hydrogen) atoms. The molecule has 1 atom stereocenters. The molecule has 1 N–H and O–H groups in total. The monoisotopic (exact) mass is 940 g/mol. The van der Waals surface area contributed by atoms with Crippen LogP contribution in [-0.4, -0.2) is 135 Å². The topological polar surface area (TPSA) is 248 Å². The third kappa shape index (κ3) is 15.8. The molecule has 0 aromatic heterocycles. The van der Waals surface area contributed by atoms with Gasteiger partial charge in [0, 0.05) is 52.9 Å². The van der Waals surface area contributed by atoms with Crippen molar-refractivity contribution in [2.45, 2.75) is 69.6 Å². The molecule has 17 nitrogen and oxygen atoms in total. The molecule has 0 saturated heterocycles. The Balaban J connectivity index is 1.69. The maximum Gasteiger partial charge on any atom is 0.203 e. The molecule has 1 aromatic carbocycles. The van der Waals surface area contributed by atoms with Crippen molar-refractivity contribution in [2.75, 3.05) is 95.5 Å². The largest absolute Gasteiger partial charge is 0.748 e. The molecule has 0 radical (unpaired) electrons. The van der Waals surface area contributed by atoms with Crippen LogP contribution < -0.4 is 14.8 Å². The van der Waals surface area contributed by atoms with Crippen LogP contribution in [0.1, 0.15) is 70.8 Å². The number of hydrogen-bond donors (Lipinski definition) is 1. The van der Waals surface area contributed by atoms with Gasteiger partial charge < -0.3 is 47.0 Å². The third-order valence-corrected chi connectivity index (χ3v) is 13.0. The Bertz CT molecular complexity index is 2420. The lowest BCUT2D eigenvalue weighted by atomic mass is 9.77. The van der Waals surface area contributed by atoms with Gasteiger partial charge in [0.2, 0.25) is 5.36 Å². The lowest BCUT2D eigenvalue weighted by Crippen LogP contribution is -2.31. The number of benzene rings is 2. The fraction of sp³-hybridized carbons (Fsp3) is 0.558. The van der Waals surface area contributed by atoms with Gasteiger partial charge in [0.15, 0.2) is 0 Å². The van der Waals surface area contributed by atoms with Crippen LogP contribution in [-0.2, 0) is 60.1 Å². The summed E-state index contributed by atoms with van der Waals surface area (Å²) in [6.45, 7) is 13.5. The highest BCUT2D eigenvalue weighted by Gasteiger charge is 2.43. The summed E-state index contributed by atoms with van der Waals surface area (Å²) in [4.78, 5) is 1.47. The molecule has 4 rings (SSSR count). The van der Waals surface area contributed by atoms with Crippen LogP contribution in [0.3, 0.4) is 0 Å². The number of rotatable bonds is 26. The molecule has 1 aliphatic carbocycles. The third-order valence-electron chi connectivity index (χ3n) is 10.5. The smallest absolute Gasteiger partial charge is 0.203 e. The molecule has 0 amide bonds. The number of nitrogens with zero attached hydrogens (tertiary/aromatic N) is 2. The van der Waals surface area contributed by atoms with Crippen molar-refractivity contribution < 1.29 is 67.4 Å². The van der Waals surface area contributed by atoms with Crippen LogP contribution >= 0.6 is 0 Å². The molecule has 1 unspecified atom stereocenters. The predicted molar refractivity (Wildman–Crippen MR) is 234 cm³/mol. The van der Waals surface area contributed by atoms with Gasteiger partial charge in [0.1, 0.15) is 34.7 Å². The maximum absolute atomic E-state index is 12.2. The zero-order valence-corrected chi connectivity index (χ0v) is 39.0. The SMILES string of the molecule is CC[N+](CCCS(=O)(=O)[O-])=c1ccc2c(C(C)(C)C)cc(/C=C/C=C3/N(CCOCCOCCOCCOCCO)c4ccc(S(=O)(=O)[O-])cc4C3(C)CCCS(=O)(=O)[O-])oc-2c1. The number of fused-ring (bicyclic) bond motifs is 2. The van der Waals surface area contributed by atoms with E-state index >= 15 is 0 Å². The summed E-state index contributed by atoms with van der Waals surface area (Å²) in [6.07, 6.45) is 5.59. The Hall–Kier alpha value is -3.54. The van der Waals surface area contributed by atoms with Crippen molar-refractivity contribution >= 4 is 42.1 Å². The van der Waals surface area contributed by atoms with Crippen LogP contribution in [0, 0.1) is 0 Å². The van der Waals surface area contributed by atoms with Crippen molar-refractivity contribution in [3.8, 4) is 11.3 Å². The Labute approximate surface area is 371 Å². The Morgan fingerprint density at radius 2 is 1.41 bits per heavy atom. The van der Waals surface area contributed by atoms with Crippen molar-refractivity contribution in [2.24, 2.45) is 0 Å². The van der Waals surface area contributed by atoms with Crippen molar-refractivity contribution in [3.63, 3.8) is 0 Å². The molecule has 3 aliphatic rings. The minimum absolute atomic E-state index is 0.0446. The van der Waals surface area contributed by atoms with E-state index in [-0.39, 0.29) is 64.3 Å². The van der Waals surface area contributed by atoms with E-state index in [1.807, 2.05) is 53.7 Å². The van der Waals surface area contributed by atoms with Crippen LogP contribution in [0.2, 0.25) is 0 Å². The molecule has 20 heteroatoms. The number of anilines is 1. The van der Waals surface area contributed by atoms with Gasteiger partial charge >= 0.3 is 0 Å². The lowest BCUT2D eigenvalue weighted by molar-refractivity contribution is -0.00484. The van der Waals surface area contributed by atoms with Gasteiger partial charge in [-0.25, -0.2) is 29.8 Å².